The van der Waals surface area contributed by atoms with E-state index in [1.807, 2.05) is 42.5 Å². The Labute approximate surface area is 182 Å². The van der Waals surface area contributed by atoms with Gasteiger partial charge in [0.05, 0.1) is 0 Å². The standard InChI is InChI=1S/C27H38O3/c1-4-7-10-16-22-19-14-21-26(24(22)20-11-8-5-2)30-27(28)29-25(15-6-3)23-17-12-9-13-18-23/h9,12-14,17-19,21,25H,4-8,10-11,15-16,20H2,1-3H3. The van der Waals surface area contributed by atoms with E-state index in [-0.39, 0.29) is 6.10 Å². The monoisotopic (exact) mass is 410 g/mol. The Morgan fingerprint density at radius 1 is 0.800 bits per heavy atom. The van der Waals surface area contributed by atoms with Gasteiger partial charge in [0.15, 0.2) is 0 Å². The Bertz CT molecular complexity index is 739. The molecule has 3 heteroatoms. The summed E-state index contributed by atoms with van der Waals surface area (Å²) in [6, 6.07) is 16.0. The number of benzene rings is 2. The molecule has 0 radical (unpaired) electrons. The van der Waals surface area contributed by atoms with E-state index in [1.165, 1.54) is 36.8 Å². The van der Waals surface area contributed by atoms with E-state index in [2.05, 4.69) is 26.8 Å². The van der Waals surface area contributed by atoms with Gasteiger partial charge in [-0.05, 0) is 54.9 Å². The Kier molecular flexibility index (Phi) is 11.1. The summed E-state index contributed by atoms with van der Waals surface area (Å²) < 4.78 is 11.5. The number of unbranched alkanes of at least 4 members (excludes halogenated alkanes) is 4. The number of aryl methyl sites for hydroxylation is 1. The second-order valence-corrected chi connectivity index (χ2v) is 7.97. The number of carbonyl (C=O) groups excluding carboxylic acids is 1. The highest BCUT2D eigenvalue weighted by atomic mass is 16.7. The molecule has 0 aromatic heterocycles. The quantitative estimate of drug-likeness (QED) is 0.190. The Balaban J connectivity index is 2.13. The van der Waals surface area contributed by atoms with Gasteiger partial charge in [-0.25, -0.2) is 4.79 Å². The molecule has 0 aliphatic rings. The van der Waals surface area contributed by atoms with Gasteiger partial charge in [0.2, 0.25) is 0 Å². The molecule has 0 N–H and O–H groups in total. The molecule has 0 bridgehead atoms. The predicted molar refractivity (Wildman–Crippen MR) is 124 cm³/mol. The molecule has 0 saturated heterocycles. The second kappa shape index (κ2) is 13.8. The molecule has 0 saturated carbocycles. The van der Waals surface area contributed by atoms with Gasteiger partial charge in [-0.2, -0.15) is 0 Å². The third kappa shape index (κ3) is 7.85. The van der Waals surface area contributed by atoms with Crippen LogP contribution in [0.5, 0.6) is 5.75 Å². The highest BCUT2D eigenvalue weighted by molar-refractivity contribution is 5.65. The van der Waals surface area contributed by atoms with Crippen LogP contribution in [0.1, 0.15) is 94.9 Å². The van der Waals surface area contributed by atoms with E-state index in [0.29, 0.717) is 5.75 Å². The first-order valence-corrected chi connectivity index (χ1v) is 11.7. The number of carbonyl (C=O) groups is 1. The molecule has 1 atom stereocenters. The van der Waals surface area contributed by atoms with Crippen molar-refractivity contribution in [3.8, 4) is 5.75 Å². The van der Waals surface area contributed by atoms with Gasteiger partial charge in [0.25, 0.3) is 0 Å². The van der Waals surface area contributed by atoms with Gasteiger partial charge in [-0.1, -0.05) is 95.3 Å². The van der Waals surface area contributed by atoms with Gasteiger partial charge in [0, 0.05) is 0 Å². The minimum absolute atomic E-state index is 0.278. The number of hydrogen-bond acceptors (Lipinski definition) is 3. The Hall–Kier alpha value is -2.29. The van der Waals surface area contributed by atoms with Gasteiger partial charge in [-0.3, -0.25) is 0 Å². The van der Waals surface area contributed by atoms with E-state index in [9.17, 15) is 4.79 Å². The lowest BCUT2D eigenvalue weighted by atomic mass is 9.96. The molecule has 0 aliphatic carbocycles. The highest BCUT2D eigenvalue weighted by Crippen LogP contribution is 2.28. The van der Waals surface area contributed by atoms with Crippen molar-refractivity contribution in [2.45, 2.75) is 91.1 Å². The molecule has 0 aliphatic heterocycles. The van der Waals surface area contributed by atoms with Crippen LogP contribution in [0.4, 0.5) is 4.79 Å². The molecule has 0 spiro atoms. The van der Waals surface area contributed by atoms with Crippen molar-refractivity contribution in [2.24, 2.45) is 0 Å². The highest BCUT2D eigenvalue weighted by Gasteiger charge is 2.19. The lowest BCUT2D eigenvalue weighted by molar-refractivity contribution is 0.0534. The van der Waals surface area contributed by atoms with Gasteiger partial charge >= 0.3 is 6.16 Å². The molecular formula is C27H38O3. The maximum Gasteiger partial charge on any atom is 0.514 e. The molecule has 0 amide bonds. The summed E-state index contributed by atoms with van der Waals surface area (Å²) in [5.74, 6) is 0.661. The first-order chi connectivity index (χ1) is 14.7. The van der Waals surface area contributed by atoms with Crippen LogP contribution in [0.3, 0.4) is 0 Å². The van der Waals surface area contributed by atoms with Gasteiger partial charge in [0.1, 0.15) is 11.9 Å². The van der Waals surface area contributed by atoms with E-state index < -0.39 is 6.16 Å². The first kappa shape index (κ1) is 24.0. The molecule has 2 aromatic carbocycles. The average molecular weight is 411 g/mol. The van der Waals surface area contributed by atoms with E-state index in [4.69, 9.17) is 9.47 Å². The lowest BCUT2D eigenvalue weighted by Crippen LogP contribution is -2.16. The van der Waals surface area contributed by atoms with Crippen LogP contribution >= 0.6 is 0 Å². The third-order valence-electron chi connectivity index (χ3n) is 5.46. The smallest absolute Gasteiger partial charge is 0.426 e. The van der Waals surface area contributed by atoms with Crippen molar-refractivity contribution >= 4 is 6.16 Å². The molecule has 3 nitrogen and oxygen atoms in total. The molecule has 1 unspecified atom stereocenters. The van der Waals surface area contributed by atoms with Crippen molar-refractivity contribution in [1.29, 1.82) is 0 Å². The molecule has 30 heavy (non-hydrogen) atoms. The normalized spacial score (nSPS) is 11.8. The zero-order valence-electron chi connectivity index (χ0n) is 19.0. The summed E-state index contributed by atoms with van der Waals surface area (Å²) in [6.45, 7) is 6.52. The van der Waals surface area contributed by atoms with E-state index in [1.54, 1.807) is 0 Å². The summed E-state index contributed by atoms with van der Waals surface area (Å²) in [5, 5.41) is 0. The van der Waals surface area contributed by atoms with Crippen molar-refractivity contribution < 1.29 is 14.3 Å². The predicted octanol–water partition coefficient (Wildman–Crippen LogP) is 8.21. The largest absolute Gasteiger partial charge is 0.514 e. The van der Waals surface area contributed by atoms with Crippen molar-refractivity contribution in [2.75, 3.05) is 0 Å². The Morgan fingerprint density at radius 2 is 1.50 bits per heavy atom. The van der Waals surface area contributed by atoms with Gasteiger partial charge < -0.3 is 9.47 Å². The van der Waals surface area contributed by atoms with E-state index >= 15 is 0 Å². The van der Waals surface area contributed by atoms with Gasteiger partial charge in [-0.15, -0.1) is 0 Å². The van der Waals surface area contributed by atoms with E-state index in [0.717, 1.165) is 44.1 Å². The average Bonchev–Trinajstić information content (AvgIpc) is 2.76. The van der Waals surface area contributed by atoms with Crippen LogP contribution in [0.2, 0.25) is 0 Å². The van der Waals surface area contributed by atoms with Crippen LogP contribution < -0.4 is 4.74 Å². The fourth-order valence-electron chi connectivity index (χ4n) is 3.80. The summed E-state index contributed by atoms with van der Waals surface area (Å²) in [6.07, 6.45) is 9.84. The summed E-state index contributed by atoms with van der Waals surface area (Å²) in [4.78, 5) is 12.7. The zero-order valence-corrected chi connectivity index (χ0v) is 19.0. The maximum atomic E-state index is 12.7. The number of rotatable bonds is 13. The van der Waals surface area contributed by atoms with Crippen LogP contribution in [-0.2, 0) is 17.6 Å². The lowest BCUT2D eigenvalue weighted by Gasteiger charge is -2.19. The van der Waals surface area contributed by atoms with Crippen LogP contribution in [0, 0.1) is 0 Å². The minimum atomic E-state index is -0.611. The number of hydrogen-bond donors (Lipinski definition) is 0. The summed E-state index contributed by atoms with van der Waals surface area (Å²) in [7, 11) is 0. The second-order valence-electron chi connectivity index (χ2n) is 7.97. The van der Waals surface area contributed by atoms with Crippen LogP contribution in [0.15, 0.2) is 48.5 Å². The molecule has 164 valence electrons. The molecule has 2 rings (SSSR count). The summed E-state index contributed by atoms with van der Waals surface area (Å²) in [5.41, 5.74) is 3.48. The maximum absolute atomic E-state index is 12.7. The third-order valence-corrected chi connectivity index (χ3v) is 5.46. The SMILES string of the molecule is CCCCCc1cccc(OC(=O)OC(CCC)c2ccccc2)c1CCCCC. The minimum Gasteiger partial charge on any atom is -0.426 e. The van der Waals surface area contributed by atoms with Crippen LogP contribution in [0.25, 0.3) is 0 Å². The number of ether oxygens (including phenoxy) is 2. The summed E-state index contributed by atoms with van der Waals surface area (Å²) >= 11 is 0. The topological polar surface area (TPSA) is 35.5 Å². The fraction of sp³-hybridized carbons (Fsp3) is 0.519. The molecular weight excluding hydrogens is 372 g/mol. The fourth-order valence-corrected chi connectivity index (χ4v) is 3.80. The zero-order chi connectivity index (χ0) is 21.6. The van der Waals surface area contributed by atoms with Crippen molar-refractivity contribution in [1.82, 2.24) is 0 Å². The first-order valence-electron chi connectivity index (χ1n) is 11.7. The van der Waals surface area contributed by atoms with Crippen molar-refractivity contribution in [3.63, 3.8) is 0 Å². The molecule has 0 heterocycles. The molecule has 0 fully saturated rings. The van der Waals surface area contributed by atoms with Crippen molar-refractivity contribution in [3.05, 3.63) is 65.2 Å². The molecule has 2 aromatic rings. The van der Waals surface area contributed by atoms with Crippen LogP contribution in [-0.4, -0.2) is 6.16 Å². The Morgan fingerprint density at radius 3 is 2.17 bits per heavy atom.